The molecule has 138 valence electrons. The highest BCUT2D eigenvalue weighted by Crippen LogP contribution is 2.29. The van der Waals surface area contributed by atoms with Gasteiger partial charge in [-0.15, -0.1) is 0 Å². The van der Waals surface area contributed by atoms with Crippen LogP contribution in [0.15, 0.2) is 45.4 Å². The van der Waals surface area contributed by atoms with Crippen molar-refractivity contribution >= 4 is 21.4 Å². The first-order valence-corrected chi connectivity index (χ1v) is 9.80. The van der Waals surface area contributed by atoms with Crippen molar-refractivity contribution < 1.29 is 17.2 Å². The van der Waals surface area contributed by atoms with E-state index in [9.17, 15) is 22.0 Å². The Morgan fingerprint density at radius 3 is 2.48 bits per heavy atom. The van der Waals surface area contributed by atoms with Crippen molar-refractivity contribution in [3.05, 3.63) is 68.1 Å². The molecule has 0 saturated heterocycles. The SMILES string of the molecule is Cc1cc(-n2c(-c3cc(F)c(S(N)(=O)=O)cc3F)csc2=O)ccc1C#N. The fraction of sp³-hybridized carbons (Fsp3) is 0.0588. The third-order valence-electron chi connectivity index (χ3n) is 3.89. The van der Waals surface area contributed by atoms with Crippen molar-refractivity contribution in [1.82, 2.24) is 4.57 Å². The monoisotopic (exact) mass is 407 g/mol. The van der Waals surface area contributed by atoms with Crippen LogP contribution < -0.4 is 10.0 Å². The number of benzene rings is 2. The number of primary sulfonamides is 1. The first-order valence-electron chi connectivity index (χ1n) is 7.37. The zero-order valence-corrected chi connectivity index (χ0v) is 15.4. The van der Waals surface area contributed by atoms with Crippen LogP contribution in [0.25, 0.3) is 16.9 Å². The molecular formula is C17H11F2N3O3S2. The molecule has 0 radical (unpaired) electrons. The fourth-order valence-electron chi connectivity index (χ4n) is 2.59. The first-order chi connectivity index (χ1) is 12.6. The van der Waals surface area contributed by atoms with Gasteiger partial charge in [0.05, 0.1) is 23.0 Å². The number of rotatable bonds is 3. The first kappa shape index (κ1) is 18.9. The summed E-state index contributed by atoms with van der Waals surface area (Å²) in [5.74, 6) is -2.27. The maximum absolute atomic E-state index is 14.5. The Morgan fingerprint density at radius 1 is 1.19 bits per heavy atom. The molecule has 0 unspecified atom stereocenters. The van der Waals surface area contributed by atoms with Crippen LogP contribution in [0.2, 0.25) is 0 Å². The van der Waals surface area contributed by atoms with E-state index in [1.165, 1.54) is 17.5 Å². The van der Waals surface area contributed by atoms with E-state index in [0.29, 0.717) is 28.9 Å². The van der Waals surface area contributed by atoms with Gasteiger partial charge in [0.15, 0.2) is 0 Å². The summed E-state index contributed by atoms with van der Waals surface area (Å²) in [6.07, 6.45) is 0. The number of sulfonamides is 1. The van der Waals surface area contributed by atoms with Crippen LogP contribution in [-0.4, -0.2) is 13.0 Å². The summed E-state index contributed by atoms with van der Waals surface area (Å²) >= 11 is 0.771. The molecule has 0 spiro atoms. The zero-order valence-electron chi connectivity index (χ0n) is 13.7. The summed E-state index contributed by atoms with van der Waals surface area (Å²) < 4.78 is 52.5. The van der Waals surface area contributed by atoms with Crippen LogP contribution in [0.1, 0.15) is 11.1 Å². The minimum absolute atomic E-state index is 0.0477. The third kappa shape index (κ3) is 3.40. The second kappa shape index (κ2) is 6.70. The lowest BCUT2D eigenvalue weighted by molar-refractivity contribution is 0.555. The second-order valence-electron chi connectivity index (χ2n) is 5.64. The molecule has 2 N–H and O–H groups in total. The maximum atomic E-state index is 14.5. The summed E-state index contributed by atoms with van der Waals surface area (Å²) in [7, 11) is -4.44. The zero-order chi connectivity index (χ0) is 19.9. The highest BCUT2D eigenvalue weighted by Gasteiger charge is 2.22. The second-order valence-corrected chi connectivity index (χ2v) is 7.99. The van der Waals surface area contributed by atoms with Crippen molar-refractivity contribution in [2.45, 2.75) is 11.8 Å². The minimum atomic E-state index is -4.44. The van der Waals surface area contributed by atoms with Crippen molar-refractivity contribution in [2.75, 3.05) is 0 Å². The Morgan fingerprint density at radius 2 is 1.89 bits per heavy atom. The van der Waals surface area contributed by atoms with Crippen LogP contribution in [0.5, 0.6) is 0 Å². The van der Waals surface area contributed by atoms with Gasteiger partial charge in [0, 0.05) is 10.9 Å². The molecule has 0 saturated carbocycles. The fourth-order valence-corrected chi connectivity index (χ4v) is 3.95. The molecule has 0 aliphatic rings. The average Bonchev–Trinajstić information content (AvgIpc) is 2.97. The Hall–Kier alpha value is -2.87. The molecule has 1 aromatic heterocycles. The number of nitriles is 1. The van der Waals surface area contributed by atoms with Crippen molar-refractivity contribution in [3.8, 4) is 23.0 Å². The number of halogens is 2. The van der Waals surface area contributed by atoms with Crippen LogP contribution in [0.3, 0.4) is 0 Å². The Bertz CT molecular complexity index is 1270. The summed E-state index contributed by atoms with van der Waals surface area (Å²) in [6, 6.07) is 7.77. The van der Waals surface area contributed by atoms with Crippen molar-refractivity contribution in [2.24, 2.45) is 5.14 Å². The summed E-state index contributed by atoms with van der Waals surface area (Å²) in [6.45, 7) is 1.68. The Labute approximate surface area is 156 Å². The molecule has 0 aliphatic heterocycles. The van der Waals surface area contributed by atoms with Crippen LogP contribution in [-0.2, 0) is 10.0 Å². The lowest BCUT2D eigenvalue weighted by Crippen LogP contribution is -2.15. The smallest absolute Gasteiger partial charge is 0.267 e. The Kier molecular flexibility index (Phi) is 4.69. The van der Waals surface area contributed by atoms with Gasteiger partial charge in [0.2, 0.25) is 10.0 Å². The van der Waals surface area contributed by atoms with E-state index < -0.39 is 31.4 Å². The van der Waals surface area contributed by atoms with Crippen LogP contribution >= 0.6 is 11.3 Å². The van der Waals surface area contributed by atoms with Gasteiger partial charge in [0.25, 0.3) is 0 Å². The van der Waals surface area contributed by atoms with Gasteiger partial charge >= 0.3 is 4.87 Å². The standard InChI is InChI=1S/C17H11F2N3O3S2/c1-9-4-11(3-2-10(9)7-20)22-15(8-26-17(22)23)12-5-14(19)16(6-13(12)18)27(21,24)25/h2-6,8H,1H3,(H2,21,24,25). The lowest BCUT2D eigenvalue weighted by atomic mass is 10.1. The van der Waals surface area contributed by atoms with E-state index in [2.05, 4.69) is 0 Å². The van der Waals surface area contributed by atoms with Crippen LogP contribution in [0, 0.1) is 29.9 Å². The lowest BCUT2D eigenvalue weighted by Gasteiger charge is -2.11. The molecule has 0 bridgehead atoms. The van der Waals surface area contributed by atoms with Crippen molar-refractivity contribution in [1.29, 1.82) is 5.26 Å². The van der Waals surface area contributed by atoms with E-state index in [0.717, 1.165) is 15.9 Å². The van der Waals surface area contributed by atoms with Gasteiger partial charge in [-0.3, -0.25) is 9.36 Å². The highest BCUT2D eigenvalue weighted by molar-refractivity contribution is 7.89. The maximum Gasteiger partial charge on any atom is 0.312 e. The van der Waals surface area contributed by atoms with E-state index in [1.807, 2.05) is 6.07 Å². The molecule has 27 heavy (non-hydrogen) atoms. The van der Waals surface area contributed by atoms with Gasteiger partial charge in [0.1, 0.15) is 16.5 Å². The van der Waals surface area contributed by atoms with Gasteiger partial charge in [-0.2, -0.15) is 5.26 Å². The number of aryl methyl sites for hydroxylation is 1. The minimum Gasteiger partial charge on any atom is -0.267 e. The summed E-state index contributed by atoms with van der Waals surface area (Å²) in [5.41, 5.74) is 1.14. The molecule has 0 atom stereocenters. The largest absolute Gasteiger partial charge is 0.312 e. The molecule has 10 heteroatoms. The average molecular weight is 407 g/mol. The topological polar surface area (TPSA) is 106 Å². The molecule has 0 amide bonds. The third-order valence-corrected chi connectivity index (χ3v) is 5.54. The predicted molar refractivity (Wildman–Crippen MR) is 96.1 cm³/mol. The molecule has 2 aromatic carbocycles. The van der Waals surface area contributed by atoms with Gasteiger partial charge in [-0.1, -0.05) is 11.3 Å². The van der Waals surface area contributed by atoms with Crippen LogP contribution in [0.4, 0.5) is 8.78 Å². The number of hydrogen-bond donors (Lipinski definition) is 1. The molecule has 0 fully saturated rings. The number of aromatic nitrogens is 1. The number of thiazole rings is 1. The van der Waals surface area contributed by atoms with E-state index >= 15 is 0 Å². The Balaban J connectivity index is 2.25. The quantitative estimate of drug-likeness (QED) is 0.720. The number of nitrogens with two attached hydrogens (primary N) is 1. The molecule has 0 aliphatic carbocycles. The number of nitrogens with zero attached hydrogens (tertiary/aromatic N) is 2. The number of hydrogen-bond acceptors (Lipinski definition) is 5. The van der Waals surface area contributed by atoms with Gasteiger partial charge in [-0.25, -0.2) is 22.3 Å². The normalized spacial score (nSPS) is 11.4. The summed E-state index contributed by atoms with van der Waals surface area (Å²) in [4.78, 5) is 10.9. The van der Waals surface area contributed by atoms with Crippen molar-refractivity contribution in [3.63, 3.8) is 0 Å². The molecule has 6 nitrogen and oxygen atoms in total. The van der Waals surface area contributed by atoms with E-state index in [1.54, 1.807) is 13.0 Å². The van der Waals surface area contributed by atoms with Gasteiger partial charge in [-0.05, 0) is 42.8 Å². The molecular weight excluding hydrogens is 396 g/mol. The highest BCUT2D eigenvalue weighted by atomic mass is 32.2. The van der Waals surface area contributed by atoms with Gasteiger partial charge < -0.3 is 0 Å². The van der Waals surface area contributed by atoms with E-state index in [4.69, 9.17) is 10.4 Å². The van der Waals surface area contributed by atoms with E-state index in [-0.39, 0.29) is 11.3 Å². The predicted octanol–water partition coefficient (Wildman–Crippen LogP) is 2.67. The molecule has 1 heterocycles. The summed E-state index contributed by atoms with van der Waals surface area (Å²) in [5, 5.41) is 15.2. The molecule has 3 rings (SSSR count). The molecule has 3 aromatic rings.